The third-order valence-electron chi connectivity index (χ3n) is 5.64. The first kappa shape index (κ1) is 21.3. The molecule has 162 valence electrons. The van der Waals surface area contributed by atoms with Gasteiger partial charge in [-0.15, -0.1) is 0 Å². The summed E-state index contributed by atoms with van der Waals surface area (Å²) in [5.41, 5.74) is 3.02. The smallest absolute Gasteiger partial charge is 0.300 e. The van der Waals surface area contributed by atoms with Crippen molar-refractivity contribution in [2.75, 3.05) is 12.0 Å². The van der Waals surface area contributed by atoms with Crippen molar-refractivity contribution >= 4 is 23.1 Å². The van der Waals surface area contributed by atoms with E-state index in [9.17, 15) is 19.1 Å². The lowest BCUT2D eigenvalue weighted by molar-refractivity contribution is -0.132. The second-order valence-corrected chi connectivity index (χ2v) is 7.71. The Bertz CT molecular complexity index is 1250. The minimum Gasteiger partial charge on any atom is -0.507 e. The summed E-state index contributed by atoms with van der Waals surface area (Å²) >= 11 is 0. The number of ether oxygens (including phenoxy) is 1. The number of carbonyl (C=O) groups excluding carboxylic acids is 2. The van der Waals surface area contributed by atoms with Crippen LogP contribution in [-0.2, 0) is 9.59 Å². The zero-order chi connectivity index (χ0) is 23.0. The Balaban J connectivity index is 2.01. The van der Waals surface area contributed by atoms with Gasteiger partial charge in [0, 0.05) is 5.69 Å². The predicted octanol–water partition coefficient (Wildman–Crippen LogP) is 5.08. The number of carbonyl (C=O) groups is 2. The lowest BCUT2D eigenvalue weighted by Gasteiger charge is -2.26. The maximum absolute atomic E-state index is 13.5. The second kappa shape index (κ2) is 8.30. The fraction of sp³-hybridized carbons (Fsp3) is 0.154. The topological polar surface area (TPSA) is 66.8 Å². The number of Topliss-reactive ketones (excluding diaryl/α,β-unsaturated/α-hetero) is 1. The monoisotopic (exact) mass is 431 g/mol. The number of hydrogen-bond donors (Lipinski definition) is 1. The summed E-state index contributed by atoms with van der Waals surface area (Å²) in [6.07, 6.45) is 0. The molecule has 1 atom stereocenters. The zero-order valence-corrected chi connectivity index (χ0v) is 17.9. The summed E-state index contributed by atoms with van der Waals surface area (Å²) < 4.78 is 18.9. The number of rotatable bonds is 4. The molecule has 1 unspecified atom stereocenters. The van der Waals surface area contributed by atoms with Gasteiger partial charge in [-0.05, 0) is 61.4 Å². The Morgan fingerprint density at radius 3 is 2.34 bits per heavy atom. The maximum atomic E-state index is 13.5. The molecule has 1 amide bonds. The molecule has 4 rings (SSSR count). The number of ketones is 1. The minimum absolute atomic E-state index is 0.0440. The molecule has 0 saturated carbocycles. The highest BCUT2D eigenvalue weighted by Gasteiger charge is 2.47. The highest BCUT2D eigenvalue weighted by atomic mass is 19.1. The van der Waals surface area contributed by atoms with Crippen LogP contribution in [0, 0.1) is 19.7 Å². The molecule has 0 aliphatic carbocycles. The fourth-order valence-corrected chi connectivity index (χ4v) is 4.04. The van der Waals surface area contributed by atoms with Crippen LogP contribution in [0.3, 0.4) is 0 Å². The molecule has 0 aromatic heterocycles. The van der Waals surface area contributed by atoms with Gasteiger partial charge in [0.05, 0.1) is 24.3 Å². The number of benzene rings is 3. The fourth-order valence-electron chi connectivity index (χ4n) is 4.04. The molecule has 5 nitrogen and oxygen atoms in total. The molecular formula is C26H22FNO4. The first-order valence-corrected chi connectivity index (χ1v) is 10.1. The number of halogens is 1. The minimum atomic E-state index is -0.883. The Labute approximate surface area is 185 Å². The van der Waals surface area contributed by atoms with E-state index in [1.54, 1.807) is 18.2 Å². The van der Waals surface area contributed by atoms with E-state index in [2.05, 4.69) is 0 Å². The van der Waals surface area contributed by atoms with E-state index in [1.807, 2.05) is 38.1 Å². The van der Waals surface area contributed by atoms with Crippen molar-refractivity contribution in [2.24, 2.45) is 0 Å². The standard InChI is InChI=1S/C26H22FNO4/c1-15-8-13-21(32-3)20(14-15)24(29)22-23(19-7-5-4-6-16(19)2)28(26(31)25(22)30)18-11-9-17(27)10-12-18/h4-14,23,29H,1-3H3/b24-22+. The van der Waals surface area contributed by atoms with Crippen LogP contribution in [0.15, 0.2) is 72.3 Å². The summed E-state index contributed by atoms with van der Waals surface area (Å²) in [5, 5.41) is 11.3. The van der Waals surface area contributed by atoms with Crippen molar-refractivity contribution in [1.82, 2.24) is 0 Å². The third-order valence-corrected chi connectivity index (χ3v) is 5.64. The predicted molar refractivity (Wildman–Crippen MR) is 120 cm³/mol. The molecule has 1 aliphatic heterocycles. The number of methoxy groups -OCH3 is 1. The van der Waals surface area contributed by atoms with Crippen LogP contribution in [0.1, 0.15) is 28.3 Å². The van der Waals surface area contributed by atoms with Crippen molar-refractivity contribution in [1.29, 1.82) is 0 Å². The van der Waals surface area contributed by atoms with Gasteiger partial charge in [-0.25, -0.2) is 4.39 Å². The molecule has 1 saturated heterocycles. The number of anilines is 1. The highest BCUT2D eigenvalue weighted by Crippen LogP contribution is 2.44. The molecule has 0 radical (unpaired) electrons. The molecule has 1 heterocycles. The maximum Gasteiger partial charge on any atom is 0.300 e. The van der Waals surface area contributed by atoms with Crippen molar-refractivity contribution in [2.45, 2.75) is 19.9 Å². The van der Waals surface area contributed by atoms with Crippen molar-refractivity contribution in [3.8, 4) is 5.75 Å². The molecule has 32 heavy (non-hydrogen) atoms. The van der Waals surface area contributed by atoms with E-state index in [1.165, 1.54) is 36.3 Å². The van der Waals surface area contributed by atoms with Gasteiger partial charge in [0.1, 0.15) is 17.3 Å². The van der Waals surface area contributed by atoms with E-state index in [0.717, 1.165) is 11.1 Å². The van der Waals surface area contributed by atoms with Gasteiger partial charge in [0.25, 0.3) is 11.7 Å². The SMILES string of the molecule is COc1ccc(C)cc1/C(O)=C1\C(=O)C(=O)N(c2ccc(F)cc2)C1c1ccccc1C. The quantitative estimate of drug-likeness (QED) is 0.356. The summed E-state index contributed by atoms with van der Waals surface area (Å²) in [6, 6.07) is 17.0. The van der Waals surface area contributed by atoms with E-state index in [0.29, 0.717) is 22.6 Å². The molecular weight excluding hydrogens is 409 g/mol. The number of nitrogens with zero attached hydrogens (tertiary/aromatic N) is 1. The van der Waals surface area contributed by atoms with Gasteiger partial charge >= 0.3 is 0 Å². The second-order valence-electron chi connectivity index (χ2n) is 7.71. The summed E-state index contributed by atoms with van der Waals surface area (Å²) in [4.78, 5) is 27.7. The van der Waals surface area contributed by atoms with Gasteiger partial charge < -0.3 is 9.84 Å². The Hall–Kier alpha value is -3.93. The average molecular weight is 431 g/mol. The van der Waals surface area contributed by atoms with Crippen LogP contribution >= 0.6 is 0 Å². The number of aryl methyl sites for hydroxylation is 2. The van der Waals surface area contributed by atoms with Gasteiger partial charge in [-0.3, -0.25) is 14.5 Å². The Morgan fingerprint density at radius 2 is 1.69 bits per heavy atom. The van der Waals surface area contributed by atoms with Crippen LogP contribution in [0.4, 0.5) is 10.1 Å². The largest absolute Gasteiger partial charge is 0.507 e. The normalized spacial score (nSPS) is 17.6. The van der Waals surface area contributed by atoms with Crippen LogP contribution in [-0.4, -0.2) is 23.9 Å². The van der Waals surface area contributed by atoms with E-state index in [-0.39, 0.29) is 11.3 Å². The van der Waals surface area contributed by atoms with Gasteiger partial charge in [-0.1, -0.05) is 35.9 Å². The van der Waals surface area contributed by atoms with Crippen molar-refractivity contribution < 1.29 is 23.8 Å². The first-order chi connectivity index (χ1) is 15.3. The highest BCUT2D eigenvalue weighted by molar-refractivity contribution is 6.51. The van der Waals surface area contributed by atoms with E-state index in [4.69, 9.17) is 4.74 Å². The lowest BCUT2D eigenvalue weighted by atomic mass is 9.92. The van der Waals surface area contributed by atoms with Crippen LogP contribution in [0.5, 0.6) is 5.75 Å². The Morgan fingerprint density at radius 1 is 1.00 bits per heavy atom. The number of aliphatic hydroxyl groups excluding tert-OH is 1. The van der Waals surface area contributed by atoms with Crippen LogP contribution < -0.4 is 9.64 Å². The van der Waals surface area contributed by atoms with Crippen LogP contribution in [0.25, 0.3) is 5.76 Å². The molecule has 1 fully saturated rings. The van der Waals surface area contributed by atoms with Gasteiger partial charge in [-0.2, -0.15) is 0 Å². The summed E-state index contributed by atoms with van der Waals surface area (Å²) in [6.45, 7) is 3.72. The summed E-state index contributed by atoms with van der Waals surface area (Å²) in [5.74, 6) is -2.00. The molecule has 6 heteroatoms. The molecule has 3 aromatic rings. The lowest BCUT2D eigenvalue weighted by Crippen LogP contribution is -2.29. The van der Waals surface area contributed by atoms with Gasteiger partial charge in [0.15, 0.2) is 0 Å². The molecule has 0 spiro atoms. The number of amides is 1. The van der Waals surface area contributed by atoms with Crippen molar-refractivity contribution in [3.63, 3.8) is 0 Å². The van der Waals surface area contributed by atoms with Crippen molar-refractivity contribution in [3.05, 3.63) is 100 Å². The molecule has 3 aromatic carbocycles. The molecule has 1 N–H and O–H groups in total. The number of hydrogen-bond acceptors (Lipinski definition) is 4. The number of aliphatic hydroxyl groups is 1. The van der Waals surface area contributed by atoms with Gasteiger partial charge in [0.2, 0.25) is 0 Å². The first-order valence-electron chi connectivity index (χ1n) is 10.1. The van der Waals surface area contributed by atoms with E-state index >= 15 is 0 Å². The average Bonchev–Trinajstić information content (AvgIpc) is 3.04. The van der Waals surface area contributed by atoms with Crippen LogP contribution in [0.2, 0.25) is 0 Å². The molecule has 0 bridgehead atoms. The Kier molecular flexibility index (Phi) is 5.53. The molecule has 1 aliphatic rings. The van der Waals surface area contributed by atoms with E-state index < -0.39 is 23.5 Å². The summed E-state index contributed by atoms with van der Waals surface area (Å²) in [7, 11) is 1.47. The third kappa shape index (κ3) is 3.54. The zero-order valence-electron chi connectivity index (χ0n) is 17.9.